The molecule has 166 valence electrons. The van der Waals surface area contributed by atoms with E-state index < -0.39 is 11.8 Å². The number of carbonyl (C=O) groups excluding carboxylic acids is 2. The molecule has 0 unspecified atom stereocenters. The molecule has 1 aliphatic rings. The van der Waals surface area contributed by atoms with Gasteiger partial charge in [0, 0.05) is 38.3 Å². The molecule has 8 nitrogen and oxygen atoms in total. The average molecular weight is 447 g/mol. The minimum atomic E-state index is -0.424. The van der Waals surface area contributed by atoms with Crippen LogP contribution in [0, 0.1) is 0 Å². The van der Waals surface area contributed by atoms with Crippen molar-refractivity contribution >= 4 is 34.4 Å². The van der Waals surface area contributed by atoms with Crippen LogP contribution in [-0.4, -0.2) is 71.5 Å². The van der Waals surface area contributed by atoms with Crippen LogP contribution in [0.4, 0.5) is 5.69 Å². The van der Waals surface area contributed by atoms with Gasteiger partial charge in [0.2, 0.25) is 0 Å². The maximum atomic E-state index is 13.7. The number of rotatable bonds is 11. The molecule has 2 heterocycles. The third-order valence-electron chi connectivity index (χ3n) is 4.90. The highest BCUT2D eigenvalue weighted by Crippen LogP contribution is 2.41. The molecule has 0 N–H and O–H groups in total. The summed E-state index contributed by atoms with van der Waals surface area (Å²) in [5.74, 6) is 0.0776. The predicted molar refractivity (Wildman–Crippen MR) is 119 cm³/mol. The fraction of sp³-hybridized carbons (Fsp3) is 0.364. The van der Waals surface area contributed by atoms with Gasteiger partial charge in [-0.05, 0) is 23.6 Å². The van der Waals surface area contributed by atoms with Gasteiger partial charge in [-0.15, -0.1) is 11.3 Å². The summed E-state index contributed by atoms with van der Waals surface area (Å²) in [5, 5.41) is 1.88. The monoisotopic (exact) mass is 446 g/mol. The molecule has 0 saturated heterocycles. The van der Waals surface area contributed by atoms with Crippen LogP contribution >= 0.6 is 11.3 Å². The van der Waals surface area contributed by atoms with Crippen molar-refractivity contribution in [3.05, 3.63) is 46.3 Å². The molecule has 0 aliphatic carbocycles. The molecular weight excluding hydrogens is 420 g/mol. The van der Waals surface area contributed by atoms with Crippen LogP contribution < -0.4 is 14.4 Å². The fourth-order valence-electron chi connectivity index (χ4n) is 3.38. The van der Waals surface area contributed by atoms with Gasteiger partial charge >= 0.3 is 0 Å². The first-order valence-electron chi connectivity index (χ1n) is 9.69. The summed E-state index contributed by atoms with van der Waals surface area (Å²) < 4.78 is 21.2. The summed E-state index contributed by atoms with van der Waals surface area (Å²) in [6.07, 6.45) is 0. The van der Waals surface area contributed by atoms with E-state index in [2.05, 4.69) is 0 Å². The van der Waals surface area contributed by atoms with Crippen molar-refractivity contribution in [3.8, 4) is 11.5 Å². The number of imide groups is 1. The fourth-order valence-corrected chi connectivity index (χ4v) is 4.15. The molecule has 0 fully saturated rings. The van der Waals surface area contributed by atoms with Crippen LogP contribution in [0.1, 0.15) is 4.88 Å². The first-order valence-corrected chi connectivity index (χ1v) is 10.6. The van der Waals surface area contributed by atoms with Crippen molar-refractivity contribution in [2.24, 2.45) is 0 Å². The van der Waals surface area contributed by atoms with E-state index >= 15 is 0 Å². The van der Waals surface area contributed by atoms with Gasteiger partial charge in [-0.2, -0.15) is 0 Å². The Balaban J connectivity index is 2.13. The van der Waals surface area contributed by atoms with Gasteiger partial charge in [0.1, 0.15) is 17.2 Å². The molecule has 1 aromatic carbocycles. The molecule has 0 spiro atoms. The Morgan fingerprint density at radius 3 is 2.19 bits per heavy atom. The molecule has 0 saturated carbocycles. The van der Waals surface area contributed by atoms with Gasteiger partial charge in [0.15, 0.2) is 0 Å². The Hall–Kier alpha value is -2.88. The van der Waals surface area contributed by atoms with E-state index in [4.69, 9.17) is 18.9 Å². The number of nitrogens with zero attached hydrogens (tertiary/aromatic N) is 2. The lowest BCUT2D eigenvalue weighted by molar-refractivity contribution is -0.120. The standard InChI is InChI=1S/C22H26N2O6S/c1-27-11-9-23(10-12-28-2)20-19(18-6-5-13-31-18)21(25)24(22(20)26)16-14-15(29-3)7-8-17(16)30-4/h5-8,13-14H,9-12H2,1-4H3. The van der Waals surface area contributed by atoms with Crippen LogP contribution in [0.3, 0.4) is 0 Å². The van der Waals surface area contributed by atoms with E-state index in [0.29, 0.717) is 54.8 Å². The lowest BCUT2D eigenvalue weighted by Gasteiger charge is -2.26. The number of ether oxygens (including phenoxy) is 4. The Bertz CT molecular complexity index is 949. The largest absolute Gasteiger partial charge is 0.497 e. The van der Waals surface area contributed by atoms with Crippen molar-refractivity contribution in [2.45, 2.75) is 0 Å². The number of hydrogen-bond acceptors (Lipinski definition) is 8. The summed E-state index contributed by atoms with van der Waals surface area (Å²) in [6.45, 7) is 1.67. The molecule has 0 atom stereocenters. The average Bonchev–Trinajstić information content (AvgIpc) is 3.39. The SMILES string of the molecule is COCCN(CCOC)C1=C(c2cccs2)C(=O)N(c2cc(OC)ccc2OC)C1=O. The summed E-state index contributed by atoms with van der Waals surface area (Å²) in [6, 6.07) is 8.70. The molecule has 0 radical (unpaired) electrons. The highest BCUT2D eigenvalue weighted by atomic mass is 32.1. The van der Waals surface area contributed by atoms with E-state index in [9.17, 15) is 9.59 Å². The van der Waals surface area contributed by atoms with Gasteiger partial charge in [-0.1, -0.05) is 6.07 Å². The van der Waals surface area contributed by atoms with Gasteiger partial charge in [0.25, 0.3) is 11.8 Å². The van der Waals surface area contributed by atoms with E-state index in [0.717, 1.165) is 9.78 Å². The number of benzene rings is 1. The Morgan fingerprint density at radius 1 is 0.935 bits per heavy atom. The quantitative estimate of drug-likeness (QED) is 0.491. The third-order valence-corrected chi connectivity index (χ3v) is 5.79. The van der Waals surface area contributed by atoms with E-state index in [-0.39, 0.29) is 0 Å². The first-order chi connectivity index (χ1) is 15.1. The zero-order valence-corrected chi connectivity index (χ0v) is 18.9. The second kappa shape index (κ2) is 10.4. The molecule has 9 heteroatoms. The van der Waals surface area contributed by atoms with Gasteiger partial charge in [-0.3, -0.25) is 9.59 Å². The van der Waals surface area contributed by atoms with Crippen molar-refractivity contribution < 1.29 is 28.5 Å². The molecule has 2 amide bonds. The van der Waals surface area contributed by atoms with Crippen molar-refractivity contribution in [2.75, 3.05) is 59.6 Å². The number of amides is 2. The Morgan fingerprint density at radius 2 is 1.65 bits per heavy atom. The molecule has 0 bridgehead atoms. The first kappa shape index (κ1) is 22.8. The molecule has 2 aromatic rings. The highest BCUT2D eigenvalue weighted by molar-refractivity contribution is 7.11. The van der Waals surface area contributed by atoms with Crippen molar-refractivity contribution in [1.29, 1.82) is 0 Å². The van der Waals surface area contributed by atoms with Gasteiger partial charge in [-0.25, -0.2) is 4.90 Å². The number of methoxy groups -OCH3 is 4. The zero-order chi connectivity index (χ0) is 22.4. The van der Waals surface area contributed by atoms with Crippen LogP contribution in [0.25, 0.3) is 5.57 Å². The van der Waals surface area contributed by atoms with Crippen LogP contribution in [0.2, 0.25) is 0 Å². The Kier molecular flexibility index (Phi) is 7.67. The summed E-state index contributed by atoms with van der Waals surface area (Å²) in [4.78, 5) is 31.0. The number of carbonyl (C=O) groups is 2. The van der Waals surface area contributed by atoms with Gasteiger partial charge < -0.3 is 23.8 Å². The van der Waals surface area contributed by atoms with Gasteiger partial charge in [0.05, 0.1) is 38.7 Å². The maximum absolute atomic E-state index is 13.7. The summed E-state index contributed by atoms with van der Waals surface area (Å²) in [7, 11) is 6.21. The lowest BCUT2D eigenvalue weighted by Crippen LogP contribution is -2.37. The second-order valence-corrected chi connectivity index (χ2v) is 7.60. The predicted octanol–water partition coefficient (Wildman–Crippen LogP) is 2.64. The molecule has 1 aliphatic heterocycles. The number of thiophene rings is 1. The van der Waals surface area contributed by atoms with E-state index in [1.54, 1.807) is 32.4 Å². The highest BCUT2D eigenvalue weighted by Gasteiger charge is 2.44. The molecular formula is C22H26N2O6S. The minimum absolute atomic E-state index is 0.325. The van der Waals surface area contributed by atoms with Crippen LogP contribution in [0.5, 0.6) is 11.5 Å². The van der Waals surface area contributed by atoms with Crippen LogP contribution in [-0.2, 0) is 19.1 Å². The van der Waals surface area contributed by atoms with Crippen LogP contribution in [0.15, 0.2) is 41.4 Å². The van der Waals surface area contributed by atoms with Crippen molar-refractivity contribution in [3.63, 3.8) is 0 Å². The Labute approximate surface area is 185 Å². The zero-order valence-electron chi connectivity index (χ0n) is 18.0. The molecule has 1 aromatic heterocycles. The van der Waals surface area contributed by atoms with E-state index in [1.165, 1.54) is 25.6 Å². The normalized spacial score (nSPS) is 13.9. The van der Waals surface area contributed by atoms with Crippen molar-refractivity contribution in [1.82, 2.24) is 4.90 Å². The maximum Gasteiger partial charge on any atom is 0.282 e. The molecule has 3 rings (SSSR count). The minimum Gasteiger partial charge on any atom is -0.497 e. The third kappa shape index (κ3) is 4.58. The van der Waals surface area contributed by atoms with E-state index in [1.807, 2.05) is 22.4 Å². The molecule has 31 heavy (non-hydrogen) atoms. The number of hydrogen-bond donors (Lipinski definition) is 0. The lowest BCUT2D eigenvalue weighted by atomic mass is 10.1. The summed E-state index contributed by atoms with van der Waals surface area (Å²) >= 11 is 1.41. The second-order valence-electron chi connectivity index (χ2n) is 6.66. The summed E-state index contributed by atoms with van der Waals surface area (Å²) in [5.41, 5.74) is 1.02. The topological polar surface area (TPSA) is 77.5 Å². The number of anilines is 1. The smallest absolute Gasteiger partial charge is 0.282 e.